The molecule has 0 bridgehead atoms. The summed E-state index contributed by atoms with van der Waals surface area (Å²) in [4.78, 5) is 0. The summed E-state index contributed by atoms with van der Waals surface area (Å²) in [6, 6.07) is 5.38. The molecule has 0 N–H and O–H groups in total. The quantitative estimate of drug-likeness (QED) is 0.316. The zero-order valence-corrected chi connectivity index (χ0v) is 21.4. The van der Waals surface area contributed by atoms with Gasteiger partial charge in [0.25, 0.3) is 0 Å². The summed E-state index contributed by atoms with van der Waals surface area (Å²) >= 11 is 0. The fourth-order valence-corrected chi connectivity index (χ4v) is 5.97. The van der Waals surface area contributed by atoms with Crippen LogP contribution < -0.4 is 4.74 Å². The second-order valence-corrected chi connectivity index (χ2v) is 10.5. The normalized spacial score (nSPS) is 24.6. The van der Waals surface area contributed by atoms with E-state index in [1.807, 2.05) is 0 Å². The molecular weight excluding hydrogens is 468 g/mol. The summed E-state index contributed by atoms with van der Waals surface area (Å²) in [5, 5.41) is 0. The first-order chi connectivity index (χ1) is 17.4. The van der Waals surface area contributed by atoms with Gasteiger partial charge in [0.1, 0.15) is 0 Å². The maximum Gasteiger partial charge on any atom is 0.201 e. The van der Waals surface area contributed by atoms with Crippen molar-refractivity contribution >= 4 is 0 Å². The predicted octanol–water partition coefficient (Wildman–Crippen LogP) is 8.96. The van der Waals surface area contributed by atoms with E-state index in [1.165, 1.54) is 43.9 Å². The molecule has 4 rings (SSSR count). The Morgan fingerprint density at radius 3 is 2.00 bits per heavy atom. The number of hydrogen-bond acceptors (Lipinski definition) is 2. The number of halogens is 4. The van der Waals surface area contributed by atoms with Crippen LogP contribution in [0.1, 0.15) is 89.5 Å². The van der Waals surface area contributed by atoms with Crippen LogP contribution in [0, 0.1) is 35.1 Å². The minimum atomic E-state index is -1.24. The van der Waals surface area contributed by atoms with E-state index in [-0.39, 0.29) is 29.4 Å². The molecular formula is C30H38F4O2. The Morgan fingerprint density at radius 1 is 0.722 bits per heavy atom. The Morgan fingerprint density at radius 2 is 1.36 bits per heavy atom. The fraction of sp³-hybridized carbons (Fsp3) is 0.600. The van der Waals surface area contributed by atoms with Crippen LogP contribution in [-0.2, 0) is 4.74 Å². The van der Waals surface area contributed by atoms with Gasteiger partial charge in [0.15, 0.2) is 23.2 Å². The van der Waals surface area contributed by atoms with Gasteiger partial charge in [0, 0.05) is 17.7 Å². The number of hydrogen-bond donors (Lipinski definition) is 0. The van der Waals surface area contributed by atoms with E-state index in [0.29, 0.717) is 23.5 Å². The third kappa shape index (κ3) is 6.07. The van der Waals surface area contributed by atoms with Crippen LogP contribution in [0.4, 0.5) is 17.6 Å². The minimum Gasteiger partial charge on any atom is -0.491 e. The minimum absolute atomic E-state index is 0.0560. The van der Waals surface area contributed by atoms with Crippen molar-refractivity contribution in [2.45, 2.75) is 90.1 Å². The lowest BCUT2D eigenvalue weighted by atomic mass is 9.76. The average molecular weight is 507 g/mol. The summed E-state index contributed by atoms with van der Waals surface area (Å²) in [6.07, 6.45) is 11.1. The van der Waals surface area contributed by atoms with Gasteiger partial charge in [-0.15, -0.1) is 0 Å². The standard InChI is InChI=1S/C30H38F4O2/c1-3-5-22-13-10-20(18-36-22)7-6-19-8-11-21(12-9-19)23-14-15-24(28(32)27(23)31)25-16-17-26(35-4-2)30(34)29(25)33/h14-17,19-22H,3-13,18H2,1-2H3. The summed E-state index contributed by atoms with van der Waals surface area (Å²) in [5.74, 6) is -3.56. The highest BCUT2D eigenvalue weighted by Crippen LogP contribution is 2.41. The van der Waals surface area contributed by atoms with Crippen molar-refractivity contribution in [1.82, 2.24) is 0 Å². The molecule has 0 aromatic heterocycles. The highest BCUT2D eigenvalue weighted by atomic mass is 19.2. The van der Waals surface area contributed by atoms with Crippen molar-refractivity contribution < 1.29 is 27.0 Å². The monoisotopic (exact) mass is 506 g/mol. The van der Waals surface area contributed by atoms with E-state index in [0.717, 1.165) is 45.1 Å². The van der Waals surface area contributed by atoms with E-state index < -0.39 is 23.3 Å². The van der Waals surface area contributed by atoms with E-state index in [4.69, 9.17) is 9.47 Å². The molecule has 1 saturated heterocycles. The van der Waals surface area contributed by atoms with Crippen LogP contribution in [0.3, 0.4) is 0 Å². The first-order valence-corrected chi connectivity index (χ1v) is 13.6. The van der Waals surface area contributed by atoms with E-state index in [2.05, 4.69) is 6.92 Å². The van der Waals surface area contributed by atoms with Crippen LogP contribution in [0.25, 0.3) is 11.1 Å². The van der Waals surface area contributed by atoms with Gasteiger partial charge in [0.2, 0.25) is 5.82 Å². The van der Waals surface area contributed by atoms with Crippen LogP contribution in [0.5, 0.6) is 5.75 Å². The van der Waals surface area contributed by atoms with Gasteiger partial charge in [-0.05, 0) is 93.7 Å². The summed E-state index contributed by atoms with van der Waals surface area (Å²) in [5.41, 5.74) is -0.250. The molecule has 0 radical (unpaired) electrons. The van der Waals surface area contributed by atoms with E-state index in [1.54, 1.807) is 13.0 Å². The van der Waals surface area contributed by atoms with Crippen molar-refractivity contribution in [2.75, 3.05) is 13.2 Å². The fourth-order valence-electron chi connectivity index (χ4n) is 5.97. The molecule has 2 atom stereocenters. The Hall–Kier alpha value is -2.08. The molecule has 2 aromatic carbocycles. The van der Waals surface area contributed by atoms with Crippen molar-refractivity contribution in [1.29, 1.82) is 0 Å². The molecule has 6 heteroatoms. The van der Waals surface area contributed by atoms with Gasteiger partial charge in [-0.2, -0.15) is 4.39 Å². The number of benzene rings is 2. The van der Waals surface area contributed by atoms with E-state index in [9.17, 15) is 8.78 Å². The second kappa shape index (κ2) is 12.4. The first kappa shape index (κ1) is 27.0. The molecule has 2 fully saturated rings. The van der Waals surface area contributed by atoms with Gasteiger partial charge >= 0.3 is 0 Å². The summed E-state index contributed by atoms with van der Waals surface area (Å²) in [7, 11) is 0. The molecule has 2 nitrogen and oxygen atoms in total. The number of rotatable bonds is 9. The molecule has 1 saturated carbocycles. The lowest BCUT2D eigenvalue weighted by molar-refractivity contribution is -0.0236. The molecule has 2 aliphatic rings. The molecule has 36 heavy (non-hydrogen) atoms. The van der Waals surface area contributed by atoms with Gasteiger partial charge in [-0.1, -0.05) is 31.9 Å². The molecule has 2 unspecified atom stereocenters. The van der Waals surface area contributed by atoms with Crippen molar-refractivity contribution in [2.24, 2.45) is 11.8 Å². The van der Waals surface area contributed by atoms with Crippen LogP contribution >= 0.6 is 0 Å². The van der Waals surface area contributed by atoms with Crippen LogP contribution in [-0.4, -0.2) is 19.3 Å². The lowest BCUT2D eigenvalue weighted by Gasteiger charge is -2.32. The Bertz CT molecular complexity index is 1010. The van der Waals surface area contributed by atoms with Gasteiger partial charge in [-0.3, -0.25) is 0 Å². The Kier molecular flexibility index (Phi) is 9.32. The highest BCUT2D eigenvalue weighted by molar-refractivity contribution is 5.66. The number of ether oxygens (including phenoxy) is 2. The van der Waals surface area contributed by atoms with Gasteiger partial charge < -0.3 is 9.47 Å². The molecule has 1 heterocycles. The Labute approximate surface area is 212 Å². The molecule has 0 amide bonds. The molecule has 2 aromatic rings. The van der Waals surface area contributed by atoms with Gasteiger partial charge in [-0.25, -0.2) is 13.2 Å². The smallest absolute Gasteiger partial charge is 0.201 e. The Balaban J connectivity index is 1.34. The summed E-state index contributed by atoms with van der Waals surface area (Å²) in [6.45, 7) is 4.89. The SMILES string of the molecule is CCCC1CCC(CCC2CCC(c3ccc(-c4ccc(OCC)c(F)c4F)c(F)c3F)CC2)CO1. The van der Waals surface area contributed by atoms with Crippen molar-refractivity contribution in [3.8, 4) is 16.9 Å². The van der Waals surface area contributed by atoms with Crippen LogP contribution in [0.15, 0.2) is 24.3 Å². The van der Waals surface area contributed by atoms with Crippen molar-refractivity contribution in [3.63, 3.8) is 0 Å². The lowest BCUT2D eigenvalue weighted by Crippen LogP contribution is -2.26. The van der Waals surface area contributed by atoms with Crippen LogP contribution in [0.2, 0.25) is 0 Å². The maximum atomic E-state index is 15.1. The summed E-state index contributed by atoms with van der Waals surface area (Å²) < 4.78 is 70.1. The largest absolute Gasteiger partial charge is 0.491 e. The predicted molar refractivity (Wildman–Crippen MR) is 134 cm³/mol. The highest BCUT2D eigenvalue weighted by Gasteiger charge is 2.29. The third-order valence-electron chi connectivity index (χ3n) is 8.09. The zero-order chi connectivity index (χ0) is 25.7. The second-order valence-electron chi connectivity index (χ2n) is 10.5. The molecule has 1 aliphatic carbocycles. The average Bonchev–Trinajstić information content (AvgIpc) is 2.89. The zero-order valence-electron chi connectivity index (χ0n) is 21.4. The first-order valence-electron chi connectivity index (χ1n) is 13.6. The van der Waals surface area contributed by atoms with Gasteiger partial charge in [0.05, 0.1) is 12.7 Å². The third-order valence-corrected chi connectivity index (χ3v) is 8.09. The maximum absolute atomic E-state index is 15.1. The van der Waals surface area contributed by atoms with Crippen molar-refractivity contribution in [3.05, 3.63) is 53.1 Å². The molecule has 1 aliphatic heterocycles. The molecule has 198 valence electrons. The topological polar surface area (TPSA) is 18.5 Å². The molecule has 0 spiro atoms. The van der Waals surface area contributed by atoms with E-state index >= 15 is 8.78 Å².